The van der Waals surface area contributed by atoms with Crippen molar-refractivity contribution in [1.82, 2.24) is 24.1 Å². The summed E-state index contributed by atoms with van der Waals surface area (Å²) in [7, 11) is 0. The van der Waals surface area contributed by atoms with Crippen molar-refractivity contribution in [2.45, 2.75) is 0 Å². The molecule has 58 heavy (non-hydrogen) atoms. The van der Waals surface area contributed by atoms with Gasteiger partial charge in [0.25, 0.3) is 6.71 Å². The second-order valence-corrected chi connectivity index (χ2v) is 14.8. The van der Waals surface area contributed by atoms with E-state index in [0.29, 0.717) is 17.7 Å². The van der Waals surface area contributed by atoms with Crippen molar-refractivity contribution >= 4 is 66.7 Å². The first-order chi connectivity index (χ1) is 28.8. The normalized spacial score (nSPS) is 12.2. The zero-order chi connectivity index (χ0) is 38.2. The van der Waals surface area contributed by atoms with E-state index in [1.165, 1.54) is 5.46 Å². The molecular weight excluding hydrogens is 709 g/mol. The third kappa shape index (κ3) is 4.96. The number of benzene rings is 8. The average Bonchev–Trinajstić information content (AvgIpc) is 3.81. The van der Waals surface area contributed by atoms with Crippen LogP contribution in [0.2, 0.25) is 0 Å². The molecule has 12 rings (SSSR count). The molecule has 0 atom stereocenters. The number of hydrogen-bond acceptors (Lipinski definition) is 4. The zero-order valence-electron chi connectivity index (χ0n) is 31.2. The van der Waals surface area contributed by atoms with E-state index in [2.05, 4.69) is 191 Å². The molecule has 3 aromatic heterocycles. The van der Waals surface area contributed by atoms with E-state index in [0.717, 1.165) is 82.7 Å². The monoisotopic (exact) mass is 741 g/mol. The van der Waals surface area contributed by atoms with Gasteiger partial charge in [0.2, 0.25) is 11.9 Å². The van der Waals surface area contributed by atoms with E-state index in [1.807, 2.05) is 12.1 Å². The first-order valence-corrected chi connectivity index (χ1v) is 19.6. The molecule has 0 amide bonds. The van der Waals surface area contributed by atoms with E-state index in [4.69, 9.17) is 19.7 Å². The van der Waals surface area contributed by atoms with E-state index in [9.17, 15) is 0 Å². The van der Waals surface area contributed by atoms with Crippen LogP contribution in [0.5, 0.6) is 11.5 Å². The fourth-order valence-corrected chi connectivity index (χ4v) is 9.04. The maximum Gasteiger partial charge on any atom is 0.251 e. The highest BCUT2D eigenvalue weighted by atomic mass is 16.5. The van der Waals surface area contributed by atoms with Gasteiger partial charge >= 0.3 is 0 Å². The van der Waals surface area contributed by atoms with Crippen LogP contribution in [-0.2, 0) is 0 Å². The van der Waals surface area contributed by atoms with E-state index in [-0.39, 0.29) is 6.71 Å². The third-order valence-corrected chi connectivity index (χ3v) is 11.6. The highest BCUT2D eigenvalue weighted by Crippen LogP contribution is 2.35. The van der Waals surface area contributed by atoms with Crippen LogP contribution in [0.4, 0.5) is 0 Å². The molecule has 11 aromatic rings. The minimum Gasteiger partial charge on any atom is -0.458 e. The number of para-hydroxylation sites is 6. The van der Waals surface area contributed by atoms with Gasteiger partial charge in [0, 0.05) is 27.1 Å². The van der Waals surface area contributed by atoms with Gasteiger partial charge < -0.3 is 4.74 Å². The summed E-state index contributed by atoms with van der Waals surface area (Å²) in [6.07, 6.45) is 0. The molecule has 0 radical (unpaired) electrons. The molecule has 1 aliphatic heterocycles. The lowest BCUT2D eigenvalue weighted by Crippen LogP contribution is -2.55. The molecule has 0 bridgehead atoms. The van der Waals surface area contributed by atoms with Crippen LogP contribution in [0, 0.1) is 0 Å². The second kappa shape index (κ2) is 12.9. The molecular formula is C51H32BN5O. The summed E-state index contributed by atoms with van der Waals surface area (Å²) in [5.41, 5.74) is 10.8. The Hall–Kier alpha value is -7.77. The Labute approximate surface area is 334 Å². The van der Waals surface area contributed by atoms with Crippen LogP contribution in [0.15, 0.2) is 194 Å². The Bertz CT molecular complexity index is 3140. The number of rotatable bonds is 5. The van der Waals surface area contributed by atoms with Crippen LogP contribution in [-0.4, -0.2) is 30.8 Å². The smallest absolute Gasteiger partial charge is 0.251 e. The molecule has 0 N–H and O–H groups in total. The van der Waals surface area contributed by atoms with Gasteiger partial charge in [-0.1, -0.05) is 157 Å². The van der Waals surface area contributed by atoms with E-state index < -0.39 is 0 Å². The molecule has 0 unspecified atom stereocenters. The fraction of sp³-hybridized carbons (Fsp3) is 0. The van der Waals surface area contributed by atoms with Gasteiger partial charge in [-0.05, 0) is 64.5 Å². The third-order valence-electron chi connectivity index (χ3n) is 11.6. The van der Waals surface area contributed by atoms with Crippen molar-refractivity contribution in [3.63, 3.8) is 0 Å². The molecule has 7 heteroatoms. The molecule has 0 saturated heterocycles. The Morgan fingerprint density at radius 1 is 0.362 bits per heavy atom. The first kappa shape index (κ1) is 32.5. The zero-order valence-corrected chi connectivity index (χ0v) is 31.2. The molecule has 1 aliphatic rings. The lowest BCUT2D eigenvalue weighted by molar-refractivity contribution is 0.487. The van der Waals surface area contributed by atoms with Crippen molar-refractivity contribution < 1.29 is 4.74 Å². The Balaban J connectivity index is 1.09. The van der Waals surface area contributed by atoms with Crippen molar-refractivity contribution in [1.29, 1.82) is 0 Å². The van der Waals surface area contributed by atoms with Gasteiger partial charge in [-0.3, -0.25) is 9.13 Å². The highest BCUT2D eigenvalue weighted by molar-refractivity contribution is 6.97. The predicted molar refractivity (Wildman–Crippen MR) is 237 cm³/mol. The Morgan fingerprint density at radius 2 is 0.776 bits per heavy atom. The van der Waals surface area contributed by atoms with Crippen molar-refractivity contribution in [3.05, 3.63) is 194 Å². The minimum atomic E-state index is -0.0120. The standard InChI is InChI=1S/C51H32BN5O/c1-6-23-40(52-41-24-7-13-30-47(41)58-48-31-14-8-25-42(48)52)35(18-1)33-16-15-17-34(32-33)49-53-50(56-43-26-9-2-19-36(43)37-20-3-10-27-44(37)56)55-51(54-49)57-45-28-11-4-21-38(45)39-22-5-12-29-46(39)57/h1-32H. The summed E-state index contributed by atoms with van der Waals surface area (Å²) in [4.78, 5) is 16.0. The summed E-state index contributed by atoms with van der Waals surface area (Å²) in [6.45, 7) is -0.0120. The molecule has 0 spiro atoms. The largest absolute Gasteiger partial charge is 0.458 e. The topological polar surface area (TPSA) is 57.8 Å². The van der Waals surface area contributed by atoms with Gasteiger partial charge in [-0.15, -0.1) is 0 Å². The number of hydrogen-bond donors (Lipinski definition) is 0. The average molecular weight is 742 g/mol. The molecule has 0 fully saturated rings. The van der Waals surface area contributed by atoms with Crippen LogP contribution in [0.25, 0.3) is 78.0 Å². The van der Waals surface area contributed by atoms with Crippen LogP contribution < -0.4 is 21.1 Å². The summed E-state index contributed by atoms with van der Waals surface area (Å²) in [6, 6.07) is 67.9. The molecule has 8 aromatic carbocycles. The van der Waals surface area contributed by atoms with Crippen molar-refractivity contribution in [3.8, 4) is 45.9 Å². The molecule has 0 aliphatic carbocycles. The number of ether oxygens (including phenoxy) is 1. The molecule has 6 nitrogen and oxygen atoms in total. The van der Waals surface area contributed by atoms with Crippen molar-refractivity contribution in [2.24, 2.45) is 0 Å². The van der Waals surface area contributed by atoms with Gasteiger partial charge in [0.05, 0.1) is 22.1 Å². The summed E-state index contributed by atoms with van der Waals surface area (Å²) in [5, 5.41) is 4.59. The first-order valence-electron chi connectivity index (χ1n) is 19.6. The Morgan fingerprint density at radius 3 is 1.29 bits per heavy atom. The van der Waals surface area contributed by atoms with Crippen LogP contribution in [0.3, 0.4) is 0 Å². The molecule has 270 valence electrons. The Kier molecular flexibility index (Phi) is 7.22. The van der Waals surface area contributed by atoms with Crippen LogP contribution in [0.1, 0.15) is 0 Å². The summed E-state index contributed by atoms with van der Waals surface area (Å²) < 4.78 is 10.8. The fourth-order valence-electron chi connectivity index (χ4n) is 9.04. The lowest BCUT2D eigenvalue weighted by Gasteiger charge is -2.28. The van der Waals surface area contributed by atoms with Gasteiger partial charge in [-0.2, -0.15) is 15.0 Å². The highest BCUT2D eigenvalue weighted by Gasteiger charge is 2.33. The van der Waals surface area contributed by atoms with E-state index >= 15 is 0 Å². The number of aromatic nitrogens is 5. The predicted octanol–water partition coefficient (Wildman–Crippen LogP) is 10.0. The quantitative estimate of drug-likeness (QED) is 0.165. The maximum atomic E-state index is 6.42. The van der Waals surface area contributed by atoms with Gasteiger partial charge in [0.15, 0.2) is 5.82 Å². The second-order valence-electron chi connectivity index (χ2n) is 14.8. The van der Waals surface area contributed by atoms with Gasteiger partial charge in [0.1, 0.15) is 11.5 Å². The number of fused-ring (bicyclic) bond motifs is 8. The summed E-state index contributed by atoms with van der Waals surface area (Å²) >= 11 is 0. The molecule has 4 heterocycles. The molecule has 0 saturated carbocycles. The van der Waals surface area contributed by atoms with Crippen LogP contribution >= 0.6 is 0 Å². The maximum absolute atomic E-state index is 6.42. The lowest BCUT2D eigenvalue weighted by atomic mass is 9.35. The van der Waals surface area contributed by atoms with E-state index in [1.54, 1.807) is 0 Å². The summed E-state index contributed by atoms with van der Waals surface area (Å²) in [5.74, 6) is 3.47. The van der Waals surface area contributed by atoms with Crippen molar-refractivity contribution in [2.75, 3.05) is 0 Å². The minimum absolute atomic E-state index is 0.0120. The number of nitrogens with zero attached hydrogens (tertiary/aromatic N) is 5. The SMILES string of the molecule is c1cc(-c2nc(-n3c4ccccc4c4ccccc43)nc(-n3c4ccccc4c4ccccc43)n2)cc(-c2ccccc2B2c3ccccc3Oc3ccccc32)c1. The van der Waals surface area contributed by atoms with Gasteiger partial charge in [-0.25, -0.2) is 0 Å².